The minimum absolute atomic E-state index is 0.0514. The van der Waals surface area contributed by atoms with E-state index < -0.39 is 0 Å². The van der Waals surface area contributed by atoms with E-state index in [1.54, 1.807) is 0 Å². The maximum Gasteiger partial charge on any atom is 0.234 e. The van der Waals surface area contributed by atoms with Gasteiger partial charge < -0.3 is 10.2 Å². The summed E-state index contributed by atoms with van der Waals surface area (Å²) in [5, 5.41) is 12.6. The summed E-state index contributed by atoms with van der Waals surface area (Å²) in [5.74, 6) is 1.70. The van der Waals surface area contributed by atoms with Crippen molar-refractivity contribution >= 4 is 29.0 Å². The van der Waals surface area contributed by atoms with Gasteiger partial charge in [-0.3, -0.25) is 9.36 Å². The first-order valence-corrected chi connectivity index (χ1v) is 11.9. The second-order valence-corrected chi connectivity index (χ2v) is 8.99. The van der Waals surface area contributed by atoms with Crippen molar-refractivity contribution in [2.75, 3.05) is 22.5 Å². The van der Waals surface area contributed by atoms with Gasteiger partial charge in [0.25, 0.3) is 0 Å². The fourth-order valence-electron chi connectivity index (χ4n) is 3.71. The van der Waals surface area contributed by atoms with Gasteiger partial charge in [0.05, 0.1) is 5.75 Å². The van der Waals surface area contributed by atoms with E-state index in [2.05, 4.69) is 70.0 Å². The summed E-state index contributed by atoms with van der Waals surface area (Å²) in [4.78, 5) is 14.9. The van der Waals surface area contributed by atoms with Crippen molar-refractivity contribution in [3.8, 4) is 5.69 Å². The van der Waals surface area contributed by atoms with Crippen LogP contribution in [0.1, 0.15) is 45.4 Å². The summed E-state index contributed by atoms with van der Waals surface area (Å²) in [6.07, 6.45) is 2.30. The zero-order valence-electron chi connectivity index (χ0n) is 18.3. The standard InChI is InChI=1S/C24H29N5OS/c1-4-28(17(2)3)20-14-12-19(13-15-20)25-22(30)16-31-24-27-26-23(18-10-11-18)29(24)21-8-6-5-7-9-21/h5-9,12-15,17-18H,4,10-11,16H2,1-3H3,(H,25,30). The molecule has 1 N–H and O–H groups in total. The van der Waals surface area contributed by atoms with Gasteiger partial charge in [0.1, 0.15) is 5.82 Å². The minimum Gasteiger partial charge on any atom is -0.369 e. The molecule has 1 aliphatic carbocycles. The van der Waals surface area contributed by atoms with Crippen molar-refractivity contribution in [3.63, 3.8) is 0 Å². The molecule has 0 radical (unpaired) electrons. The number of benzene rings is 2. The van der Waals surface area contributed by atoms with Crippen LogP contribution in [0, 0.1) is 0 Å². The molecule has 0 bridgehead atoms. The molecule has 1 amide bonds. The molecule has 1 aromatic heterocycles. The summed E-state index contributed by atoms with van der Waals surface area (Å²) >= 11 is 1.42. The van der Waals surface area contributed by atoms with Crippen LogP contribution in [0.25, 0.3) is 5.69 Å². The molecule has 3 aromatic rings. The molecule has 6 nitrogen and oxygen atoms in total. The van der Waals surface area contributed by atoms with E-state index in [0.717, 1.165) is 47.4 Å². The molecule has 0 spiro atoms. The predicted molar refractivity (Wildman–Crippen MR) is 127 cm³/mol. The lowest BCUT2D eigenvalue weighted by Crippen LogP contribution is -2.30. The van der Waals surface area contributed by atoms with Gasteiger partial charge in [-0.05, 0) is 70.0 Å². The van der Waals surface area contributed by atoms with E-state index >= 15 is 0 Å². The number of carbonyl (C=O) groups excluding carboxylic acids is 1. The molecule has 0 unspecified atom stereocenters. The number of para-hydroxylation sites is 1. The Balaban J connectivity index is 1.41. The molecular formula is C24H29N5OS. The average molecular weight is 436 g/mol. The van der Waals surface area contributed by atoms with Crippen molar-refractivity contribution < 1.29 is 4.79 Å². The number of nitrogens with one attached hydrogen (secondary N) is 1. The van der Waals surface area contributed by atoms with Crippen molar-refractivity contribution in [2.24, 2.45) is 0 Å². The lowest BCUT2D eigenvalue weighted by atomic mass is 10.2. The van der Waals surface area contributed by atoms with Gasteiger partial charge in [-0.2, -0.15) is 0 Å². The number of hydrogen-bond acceptors (Lipinski definition) is 5. The second-order valence-electron chi connectivity index (χ2n) is 8.05. The Labute approximate surface area is 188 Å². The molecule has 31 heavy (non-hydrogen) atoms. The molecule has 1 aliphatic rings. The Morgan fingerprint density at radius 1 is 1.13 bits per heavy atom. The highest BCUT2D eigenvalue weighted by molar-refractivity contribution is 7.99. The monoisotopic (exact) mass is 435 g/mol. The zero-order valence-corrected chi connectivity index (χ0v) is 19.1. The maximum atomic E-state index is 12.6. The lowest BCUT2D eigenvalue weighted by Gasteiger charge is -2.27. The van der Waals surface area contributed by atoms with Crippen LogP contribution in [-0.2, 0) is 4.79 Å². The molecule has 1 fully saturated rings. The highest BCUT2D eigenvalue weighted by Crippen LogP contribution is 2.41. The van der Waals surface area contributed by atoms with Crippen LogP contribution in [0.4, 0.5) is 11.4 Å². The Morgan fingerprint density at radius 3 is 2.45 bits per heavy atom. The van der Waals surface area contributed by atoms with Crippen molar-refractivity contribution in [2.45, 2.75) is 50.7 Å². The van der Waals surface area contributed by atoms with E-state index in [1.165, 1.54) is 11.8 Å². The van der Waals surface area contributed by atoms with E-state index in [1.807, 2.05) is 30.3 Å². The van der Waals surface area contributed by atoms with Crippen LogP contribution in [0.2, 0.25) is 0 Å². The smallest absolute Gasteiger partial charge is 0.234 e. The molecule has 1 heterocycles. The van der Waals surface area contributed by atoms with Gasteiger partial charge in [-0.25, -0.2) is 0 Å². The first kappa shape index (κ1) is 21.4. The second kappa shape index (κ2) is 9.56. The quantitative estimate of drug-likeness (QED) is 0.473. The van der Waals surface area contributed by atoms with Gasteiger partial charge in [0.2, 0.25) is 5.91 Å². The third-order valence-electron chi connectivity index (χ3n) is 5.39. The number of nitrogens with zero attached hydrogens (tertiary/aromatic N) is 4. The highest BCUT2D eigenvalue weighted by Gasteiger charge is 2.31. The number of rotatable bonds is 9. The zero-order chi connectivity index (χ0) is 21.8. The summed E-state index contributed by atoms with van der Waals surface area (Å²) in [6, 6.07) is 18.6. The van der Waals surface area contributed by atoms with Crippen molar-refractivity contribution in [1.29, 1.82) is 0 Å². The summed E-state index contributed by atoms with van der Waals surface area (Å²) in [7, 11) is 0. The Bertz CT molecular complexity index is 1010. The van der Waals surface area contributed by atoms with E-state index in [-0.39, 0.29) is 11.7 Å². The van der Waals surface area contributed by atoms with Crippen LogP contribution < -0.4 is 10.2 Å². The molecule has 7 heteroatoms. The van der Waals surface area contributed by atoms with E-state index in [0.29, 0.717) is 12.0 Å². The van der Waals surface area contributed by atoms with Gasteiger partial charge in [0.15, 0.2) is 5.16 Å². The maximum absolute atomic E-state index is 12.6. The van der Waals surface area contributed by atoms with Crippen molar-refractivity contribution in [1.82, 2.24) is 14.8 Å². The first-order chi connectivity index (χ1) is 15.1. The third-order valence-corrected chi connectivity index (χ3v) is 6.32. The van der Waals surface area contributed by atoms with Crippen molar-refractivity contribution in [3.05, 3.63) is 60.4 Å². The molecule has 1 saturated carbocycles. The number of hydrogen-bond donors (Lipinski definition) is 1. The largest absolute Gasteiger partial charge is 0.369 e. The number of amides is 1. The van der Waals surface area contributed by atoms with Gasteiger partial charge in [0, 0.05) is 35.6 Å². The van der Waals surface area contributed by atoms with Crippen LogP contribution >= 0.6 is 11.8 Å². The highest BCUT2D eigenvalue weighted by atomic mass is 32.2. The fourth-order valence-corrected chi connectivity index (χ4v) is 4.47. The van der Waals surface area contributed by atoms with Crippen LogP contribution in [-0.4, -0.2) is 39.0 Å². The topological polar surface area (TPSA) is 63.1 Å². The number of carbonyl (C=O) groups is 1. The Morgan fingerprint density at radius 2 is 1.84 bits per heavy atom. The normalized spacial score (nSPS) is 13.4. The molecular weight excluding hydrogens is 406 g/mol. The van der Waals surface area contributed by atoms with Gasteiger partial charge >= 0.3 is 0 Å². The molecule has 4 rings (SSSR count). The molecule has 0 saturated heterocycles. The van der Waals surface area contributed by atoms with Crippen LogP contribution in [0.3, 0.4) is 0 Å². The van der Waals surface area contributed by atoms with Gasteiger partial charge in [-0.15, -0.1) is 10.2 Å². The Kier molecular flexibility index (Phi) is 6.61. The SMILES string of the molecule is CCN(c1ccc(NC(=O)CSc2nnc(C3CC3)n2-c2ccccc2)cc1)C(C)C. The predicted octanol–water partition coefficient (Wildman–Crippen LogP) is 5.11. The summed E-state index contributed by atoms with van der Waals surface area (Å²) in [5.41, 5.74) is 3.00. The number of anilines is 2. The first-order valence-electron chi connectivity index (χ1n) is 10.9. The number of thioether (sulfide) groups is 1. The number of aromatic nitrogens is 3. The lowest BCUT2D eigenvalue weighted by molar-refractivity contribution is -0.113. The third kappa shape index (κ3) is 5.10. The van der Waals surface area contributed by atoms with Crippen LogP contribution in [0.5, 0.6) is 0 Å². The van der Waals surface area contributed by atoms with Crippen LogP contribution in [0.15, 0.2) is 59.8 Å². The minimum atomic E-state index is -0.0514. The summed E-state index contributed by atoms with van der Waals surface area (Å²) < 4.78 is 2.09. The average Bonchev–Trinajstić information content (AvgIpc) is 3.53. The molecule has 0 aliphatic heterocycles. The Hall–Kier alpha value is -2.80. The molecule has 2 aromatic carbocycles. The van der Waals surface area contributed by atoms with Gasteiger partial charge in [-0.1, -0.05) is 30.0 Å². The van der Waals surface area contributed by atoms with E-state index in [4.69, 9.17) is 0 Å². The molecule has 162 valence electrons. The summed E-state index contributed by atoms with van der Waals surface area (Å²) in [6.45, 7) is 7.46. The molecule has 0 atom stereocenters. The van der Waals surface area contributed by atoms with E-state index in [9.17, 15) is 4.79 Å². The fraction of sp³-hybridized carbons (Fsp3) is 0.375.